The van der Waals surface area contributed by atoms with Gasteiger partial charge in [0, 0.05) is 11.1 Å². The Morgan fingerprint density at radius 1 is 0.969 bits per heavy atom. The minimum atomic E-state index is -1.85. The number of amides is 1. The molecule has 4 nitrogen and oxygen atoms in total. The van der Waals surface area contributed by atoms with Crippen LogP contribution in [-0.2, 0) is 29.8 Å². The molecule has 0 aromatic heterocycles. The van der Waals surface area contributed by atoms with Gasteiger partial charge < -0.3 is 10.0 Å². The molecule has 3 aromatic carbocycles. The van der Waals surface area contributed by atoms with Crippen molar-refractivity contribution in [2.45, 2.75) is 51.2 Å². The molecule has 0 saturated heterocycles. The van der Waals surface area contributed by atoms with E-state index in [1.165, 1.54) is 17.5 Å². The maximum atomic E-state index is 13.5. The van der Waals surface area contributed by atoms with Gasteiger partial charge in [-0.25, -0.2) is 0 Å². The van der Waals surface area contributed by atoms with Crippen LogP contribution in [-0.4, -0.2) is 16.8 Å². The Kier molecular flexibility index (Phi) is 5.18. The topological polar surface area (TPSA) is 57.6 Å². The summed E-state index contributed by atoms with van der Waals surface area (Å²) in [5.74, 6) is -0.646. The molecule has 0 saturated carbocycles. The third-order valence-electron chi connectivity index (χ3n) is 6.79. The normalized spacial score (nSPS) is 19.6. The SMILES string of the molecule is Cc1ccc(CN2C(=O)C(O)(CC(=O)c3ccc4c(c3)CCCC4)c3ccccc32)cc1. The molecule has 3 aromatic rings. The fourth-order valence-electron chi connectivity index (χ4n) is 4.95. The molecule has 1 aliphatic carbocycles. The molecule has 1 amide bonds. The average molecular weight is 426 g/mol. The van der Waals surface area contributed by atoms with Crippen LogP contribution in [0, 0.1) is 6.92 Å². The summed E-state index contributed by atoms with van der Waals surface area (Å²) in [6.45, 7) is 2.37. The van der Waals surface area contributed by atoms with E-state index in [0.29, 0.717) is 23.4 Å². The van der Waals surface area contributed by atoms with Crippen LogP contribution in [0.25, 0.3) is 0 Å². The van der Waals surface area contributed by atoms with Gasteiger partial charge in [0.15, 0.2) is 11.4 Å². The largest absolute Gasteiger partial charge is 0.375 e. The molecule has 0 bridgehead atoms. The predicted octanol–water partition coefficient (Wildman–Crippen LogP) is 4.88. The lowest BCUT2D eigenvalue weighted by Crippen LogP contribution is -2.41. The Bertz CT molecular complexity index is 1200. The van der Waals surface area contributed by atoms with E-state index < -0.39 is 11.5 Å². The van der Waals surface area contributed by atoms with Gasteiger partial charge in [0.2, 0.25) is 0 Å². The van der Waals surface area contributed by atoms with Gasteiger partial charge in [0.05, 0.1) is 18.7 Å². The Morgan fingerprint density at radius 2 is 1.69 bits per heavy atom. The van der Waals surface area contributed by atoms with Crippen molar-refractivity contribution in [2.24, 2.45) is 0 Å². The summed E-state index contributed by atoms with van der Waals surface area (Å²) in [7, 11) is 0. The lowest BCUT2D eigenvalue weighted by atomic mass is 9.85. The number of carbonyl (C=O) groups excluding carboxylic acids is 2. The first-order valence-electron chi connectivity index (χ1n) is 11.3. The van der Waals surface area contributed by atoms with Crippen LogP contribution < -0.4 is 4.90 Å². The monoisotopic (exact) mass is 425 g/mol. The summed E-state index contributed by atoms with van der Waals surface area (Å²) in [4.78, 5) is 28.3. The Balaban J connectivity index is 1.44. The molecular formula is C28H27NO3. The third-order valence-corrected chi connectivity index (χ3v) is 6.79. The van der Waals surface area contributed by atoms with Crippen molar-refractivity contribution in [1.82, 2.24) is 0 Å². The second-order valence-corrected chi connectivity index (χ2v) is 9.04. The highest BCUT2D eigenvalue weighted by molar-refractivity contribution is 6.10. The molecule has 2 aliphatic rings. The van der Waals surface area contributed by atoms with Gasteiger partial charge in [-0.2, -0.15) is 0 Å². The zero-order valence-electron chi connectivity index (χ0n) is 18.3. The number of ketones is 1. The number of hydrogen-bond acceptors (Lipinski definition) is 3. The number of anilines is 1. The third kappa shape index (κ3) is 3.55. The van der Waals surface area contributed by atoms with Gasteiger partial charge in [-0.05, 0) is 61.4 Å². The van der Waals surface area contributed by atoms with E-state index >= 15 is 0 Å². The minimum absolute atomic E-state index is 0.207. The molecule has 0 radical (unpaired) electrons. The van der Waals surface area contributed by atoms with Gasteiger partial charge in [0.1, 0.15) is 0 Å². The quantitative estimate of drug-likeness (QED) is 0.593. The summed E-state index contributed by atoms with van der Waals surface area (Å²) >= 11 is 0. The molecule has 5 rings (SSSR count). The van der Waals surface area contributed by atoms with Crippen LogP contribution in [0.4, 0.5) is 5.69 Å². The molecule has 0 fully saturated rings. The molecule has 162 valence electrons. The number of aliphatic hydroxyl groups is 1. The fraction of sp³-hybridized carbons (Fsp3) is 0.286. The second-order valence-electron chi connectivity index (χ2n) is 9.04. The zero-order valence-corrected chi connectivity index (χ0v) is 18.3. The lowest BCUT2D eigenvalue weighted by Gasteiger charge is -2.23. The van der Waals surface area contributed by atoms with E-state index in [-0.39, 0.29) is 12.2 Å². The van der Waals surface area contributed by atoms with E-state index in [0.717, 1.165) is 30.4 Å². The molecule has 32 heavy (non-hydrogen) atoms. The van der Waals surface area contributed by atoms with E-state index in [1.54, 1.807) is 17.0 Å². The fourth-order valence-corrected chi connectivity index (χ4v) is 4.95. The highest BCUT2D eigenvalue weighted by atomic mass is 16.3. The predicted molar refractivity (Wildman–Crippen MR) is 125 cm³/mol. The van der Waals surface area contributed by atoms with Gasteiger partial charge >= 0.3 is 0 Å². The van der Waals surface area contributed by atoms with Crippen molar-refractivity contribution in [3.05, 3.63) is 100 Å². The van der Waals surface area contributed by atoms with Crippen molar-refractivity contribution >= 4 is 17.4 Å². The van der Waals surface area contributed by atoms with Crippen LogP contribution >= 0.6 is 0 Å². The smallest absolute Gasteiger partial charge is 0.264 e. The number of carbonyl (C=O) groups is 2. The molecular weight excluding hydrogens is 398 g/mol. The van der Waals surface area contributed by atoms with Gasteiger partial charge in [-0.15, -0.1) is 0 Å². The summed E-state index contributed by atoms with van der Waals surface area (Å²) in [5, 5.41) is 11.6. The number of para-hydroxylation sites is 1. The maximum Gasteiger partial charge on any atom is 0.264 e. The highest BCUT2D eigenvalue weighted by Crippen LogP contribution is 2.43. The van der Waals surface area contributed by atoms with Crippen LogP contribution in [0.3, 0.4) is 0 Å². The van der Waals surface area contributed by atoms with Crippen molar-refractivity contribution in [2.75, 3.05) is 4.90 Å². The van der Waals surface area contributed by atoms with E-state index in [1.807, 2.05) is 61.5 Å². The van der Waals surface area contributed by atoms with Gasteiger partial charge in [-0.3, -0.25) is 9.59 Å². The standard InChI is InChI=1S/C28H27NO3/c1-19-10-12-20(13-11-19)18-29-25-9-5-4-8-24(25)28(32,27(29)31)17-26(30)23-15-14-21-6-2-3-7-22(21)16-23/h4-5,8-16,32H,2-3,6-7,17-18H2,1H3. The van der Waals surface area contributed by atoms with E-state index in [2.05, 4.69) is 0 Å². The number of hydrogen-bond donors (Lipinski definition) is 1. The van der Waals surface area contributed by atoms with Crippen LogP contribution in [0.15, 0.2) is 66.7 Å². The highest BCUT2D eigenvalue weighted by Gasteiger charge is 2.50. The average Bonchev–Trinajstić information content (AvgIpc) is 3.02. The molecule has 1 N–H and O–H groups in total. The first-order chi connectivity index (χ1) is 15.5. The molecule has 4 heteroatoms. The summed E-state index contributed by atoms with van der Waals surface area (Å²) in [6.07, 6.45) is 4.09. The molecule has 1 aliphatic heterocycles. The molecule has 0 spiro atoms. The number of aryl methyl sites for hydroxylation is 3. The van der Waals surface area contributed by atoms with Gasteiger partial charge in [-0.1, -0.05) is 60.2 Å². The van der Waals surface area contributed by atoms with Crippen molar-refractivity contribution in [3.63, 3.8) is 0 Å². The molecule has 1 unspecified atom stereocenters. The number of fused-ring (bicyclic) bond motifs is 2. The minimum Gasteiger partial charge on any atom is -0.375 e. The summed E-state index contributed by atoms with van der Waals surface area (Å²) < 4.78 is 0. The van der Waals surface area contributed by atoms with Gasteiger partial charge in [0.25, 0.3) is 5.91 Å². The first kappa shape index (κ1) is 20.7. The Morgan fingerprint density at radius 3 is 2.47 bits per heavy atom. The number of nitrogens with zero attached hydrogens (tertiary/aromatic N) is 1. The van der Waals surface area contributed by atoms with Crippen LogP contribution in [0.1, 0.15) is 57.4 Å². The number of benzene rings is 3. The van der Waals surface area contributed by atoms with Crippen LogP contribution in [0.2, 0.25) is 0 Å². The van der Waals surface area contributed by atoms with Crippen LogP contribution in [0.5, 0.6) is 0 Å². The summed E-state index contributed by atoms with van der Waals surface area (Å²) in [6, 6.07) is 21.1. The lowest BCUT2D eigenvalue weighted by molar-refractivity contribution is -0.136. The maximum absolute atomic E-state index is 13.5. The zero-order chi connectivity index (χ0) is 22.3. The Hall–Kier alpha value is -3.24. The van der Waals surface area contributed by atoms with Crippen molar-refractivity contribution in [3.8, 4) is 0 Å². The van der Waals surface area contributed by atoms with E-state index in [4.69, 9.17) is 0 Å². The molecule has 1 atom stereocenters. The second kappa shape index (κ2) is 8.03. The molecule has 1 heterocycles. The van der Waals surface area contributed by atoms with Crippen molar-refractivity contribution < 1.29 is 14.7 Å². The number of Topliss-reactive ketones (excluding diaryl/α,β-unsaturated/α-hetero) is 1. The van der Waals surface area contributed by atoms with E-state index in [9.17, 15) is 14.7 Å². The van der Waals surface area contributed by atoms with Crippen molar-refractivity contribution in [1.29, 1.82) is 0 Å². The first-order valence-corrected chi connectivity index (χ1v) is 11.3. The number of rotatable bonds is 5. The Labute approximate surface area is 188 Å². The summed E-state index contributed by atoms with van der Waals surface area (Å²) in [5.41, 5.74) is 4.53.